The molecule has 5 heteroatoms. The van der Waals surface area contributed by atoms with E-state index in [1.54, 1.807) is 31.2 Å². The van der Waals surface area contributed by atoms with Gasteiger partial charge in [-0.05, 0) is 42.8 Å². The molecule has 5 nitrogen and oxygen atoms in total. The third kappa shape index (κ3) is 3.89. The smallest absolute Gasteiger partial charge is 0.338 e. The third-order valence-corrected chi connectivity index (χ3v) is 2.91. The average Bonchev–Trinajstić information content (AvgIpc) is 2.49. The molecule has 0 aliphatic rings. The Bertz CT molecular complexity index is 640. The van der Waals surface area contributed by atoms with Gasteiger partial charge in [-0.3, -0.25) is 0 Å². The second kappa shape index (κ2) is 6.65. The normalized spacial score (nSPS) is 10.1. The lowest BCUT2D eigenvalue weighted by molar-refractivity contribution is 0.0526. The fraction of sp³-hybridized carbons (Fsp3) is 0.188. The molecule has 0 spiro atoms. The van der Waals surface area contributed by atoms with E-state index in [9.17, 15) is 15.0 Å². The van der Waals surface area contributed by atoms with Crippen molar-refractivity contribution >= 4 is 11.7 Å². The fourth-order valence-corrected chi connectivity index (χ4v) is 1.85. The molecule has 0 aromatic heterocycles. The Morgan fingerprint density at radius 1 is 1.14 bits per heavy atom. The van der Waals surface area contributed by atoms with Crippen molar-refractivity contribution in [2.75, 3.05) is 11.9 Å². The van der Waals surface area contributed by atoms with Crippen molar-refractivity contribution in [1.29, 1.82) is 0 Å². The number of nitrogens with one attached hydrogen (secondary N) is 1. The molecule has 2 aromatic rings. The van der Waals surface area contributed by atoms with Gasteiger partial charge in [-0.1, -0.05) is 12.1 Å². The lowest BCUT2D eigenvalue weighted by Gasteiger charge is -2.09. The van der Waals surface area contributed by atoms with E-state index in [0.29, 0.717) is 18.7 Å². The number of hydrogen-bond acceptors (Lipinski definition) is 5. The molecule has 110 valence electrons. The molecule has 0 aliphatic heterocycles. The third-order valence-electron chi connectivity index (χ3n) is 2.91. The maximum absolute atomic E-state index is 11.6. The summed E-state index contributed by atoms with van der Waals surface area (Å²) < 4.78 is 4.95. The molecular formula is C16H17NO4. The van der Waals surface area contributed by atoms with Crippen LogP contribution >= 0.6 is 0 Å². The predicted octanol–water partition coefficient (Wildman–Crippen LogP) is 2.89. The van der Waals surface area contributed by atoms with Crippen LogP contribution in [0.15, 0.2) is 42.5 Å². The molecule has 0 heterocycles. The Balaban J connectivity index is 2.04. The van der Waals surface area contributed by atoms with E-state index in [4.69, 9.17) is 4.74 Å². The van der Waals surface area contributed by atoms with E-state index in [2.05, 4.69) is 5.32 Å². The van der Waals surface area contributed by atoms with Crippen LogP contribution < -0.4 is 5.32 Å². The lowest BCUT2D eigenvalue weighted by Crippen LogP contribution is -2.06. The second-order valence-electron chi connectivity index (χ2n) is 4.48. The highest BCUT2D eigenvalue weighted by Crippen LogP contribution is 2.25. The monoisotopic (exact) mass is 287 g/mol. The molecule has 21 heavy (non-hydrogen) atoms. The molecule has 2 aromatic carbocycles. The van der Waals surface area contributed by atoms with Crippen LogP contribution in [0.1, 0.15) is 22.8 Å². The largest absolute Gasteiger partial charge is 0.504 e. The molecule has 3 N–H and O–H groups in total. The van der Waals surface area contributed by atoms with E-state index >= 15 is 0 Å². The highest BCUT2D eigenvalue weighted by atomic mass is 16.5. The number of phenolic OH excluding ortho intramolecular Hbond substituents is 2. The molecule has 2 rings (SSSR count). The molecule has 0 unspecified atom stereocenters. The average molecular weight is 287 g/mol. The maximum atomic E-state index is 11.6. The summed E-state index contributed by atoms with van der Waals surface area (Å²) >= 11 is 0. The lowest BCUT2D eigenvalue weighted by atomic mass is 10.1. The SMILES string of the molecule is CCOC(=O)c1cccc(NCc2ccc(O)c(O)c2)c1. The van der Waals surface area contributed by atoms with E-state index in [-0.39, 0.29) is 17.5 Å². The van der Waals surface area contributed by atoms with Crippen LogP contribution in [-0.4, -0.2) is 22.8 Å². The van der Waals surface area contributed by atoms with Gasteiger partial charge in [-0.25, -0.2) is 4.79 Å². The number of aromatic hydroxyl groups is 2. The summed E-state index contributed by atoms with van der Waals surface area (Å²) in [7, 11) is 0. The molecule has 0 amide bonds. The number of benzene rings is 2. The number of hydrogen-bond donors (Lipinski definition) is 3. The van der Waals surface area contributed by atoms with Crippen molar-refractivity contribution in [3.63, 3.8) is 0 Å². The van der Waals surface area contributed by atoms with Crippen molar-refractivity contribution in [3.8, 4) is 11.5 Å². The Labute approximate surface area is 122 Å². The van der Waals surface area contributed by atoms with Gasteiger partial charge in [0.25, 0.3) is 0 Å². The minimum atomic E-state index is -0.358. The van der Waals surface area contributed by atoms with E-state index in [0.717, 1.165) is 11.3 Å². The fourth-order valence-electron chi connectivity index (χ4n) is 1.85. The summed E-state index contributed by atoms with van der Waals surface area (Å²) in [5.41, 5.74) is 2.07. The topological polar surface area (TPSA) is 78.8 Å². The minimum Gasteiger partial charge on any atom is -0.504 e. The molecule has 0 radical (unpaired) electrons. The van der Waals surface area contributed by atoms with Crippen LogP contribution in [0.4, 0.5) is 5.69 Å². The zero-order valence-corrected chi connectivity index (χ0v) is 11.7. The Hall–Kier alpha value is -2.69. The van der Waals surface area contributed by atoms with Gasteiger partial charge in [0.2, 0.25) is 0 Å². The maximum Gasteiger partial charge on any atom is 0.338 e. The summed E-state index contributed by atoms with van der Waals surface area (Å²) in [6.07, 6.45) is 0. The van der Waals surface area contributed by atoms with Crippen molar-refractivity contribution in [3.05, 3.63) is 53.6 Å². The van der Waals surface area contributed by atoms with E-state index in [1.807, 2.05) is 6.07 Å². The van der Waals surface area contributed by atoms with Crippen LogP contribution in [0, 0.1) is 0 Å². The highest BCUT2D eigenvalue weighted by Gasteiger charge is 2.07. The number of esters is 1. The molecule has 0 fully saturated rings. The molecular weight excluding hydrogens is 270 g/mol. The van der Waals surface area contributed by atoms with Crippen molar-refractivity contribution in [1.82, 2.24) is 0 Å². The first-order valence-corrected chi connectivity index (χ1v) is 6.62. The van der Waals surface area contributed by atoms with E-state index < -0.39 is 0 Å². The Morgan fingerprint density at radius 3 is 2.67 bits per heavy atom. The van der Waals surface area contributed by atoms with Crippen LogP contribution in [0.25, 0.3) is 0 Å². The van der Waals surface area contributed by atoms with Crippen LogP contribution in [-0.2, 0) is 11.3 Å². The Kier molecular flexibility index (Phi) is 4.66. The van der Waals surface area contributed by atoms with Crippen molar-refractivity contribution in [2.24, 2.45) is 0 Å². The van der Waals surface area contributed by atoms with Gasteiger partial charge in [-0.2, -0.15) is 0 Å². The van der Waals surface area contributed by atoms with Crippen LogP contribution in [0.3, 0.4) is 0 Å². The van der Waals surface area contributed by atoms with Gasteiger partial charge in [0, 0.05) is 12.2 Å². The molecule has 0 saturated heterocycles. The van der Waals surface area contributed by atoms with Gasteiger partial charge < -0.3 is 20.3 Å². The van der Waals surface area contributed by atoms with Gasteiger partial charge in [0.1, 0.15) is 0 Å². The molecule has 0 atom stereocenters. The van der Waals surface area contributed by atoms with Gasteiger partial charge in [0.05, 0.1) is 12.2 Å². The first kappa shape index (κ1) is 14.7. The molecule has 0 bridgehead atoms. The highest BCUT2D eigenvalue weighted by molar-refractivity contribution is 5.90. The van der Waals surface area contributed by atoms with Gasteiger partial charge >= 0.3 is 5.97 Å². The number of carbonyl (C=O) groups excluding carboxylic acids is 1. The standard InChI is InChI=1S/C16H17NO4/c1-2-21-16(20)12-4-3-5-13(9-12)17-10-11-6-7-14(18)15(19)8-11/h3-9,17-19H,2,10H2,1H3. The summed E-state index contributed by atoms with van der Waals surface area (Å²) in [5.74, 6) is -0.666. The number of carbonyl (C=O) groups is 1. The quantitative estimate of drug-likeness (QED) is 0.582. The van der Waals surface area contributed by atoms with E-state index in [1.165, 1.54) is 12.1 Å². The van der Waals surface area contributed by atoms with Crippen molar-refractivity contribution < 1.29 is 19.7 Å². The Morgan fingerprint density at radius 2 is 1.95 bits per heavy atom. The zero-order valence-electron chi connectivity index (χ0n) is 11.7. The zero-order chi connectivity index (χ0) is 15.2. The number of rotatable bonds is 5. The first-order valence-electron chi connectivity index (χ1n) is 6.62. The van der Waals surface area contributed by atoms with Crippen molar-refractivity contribution in [2.45, 2.75) is 13.5 Å². The number of ether oxygens (including phenoxy) is 1. The minimum absolute atomic E-state index is 0.150. The first-order chi connectivity index (χ1) is 10.1. The van der Waals surface area contributed by atoms with Gasteiger partial charge in [0.15, 0.2) is 11.5 Å². The summed E-state index contributed by atoms with van der Waals surface area (Å²) in [5, 5.41) is 21.8. The summed E-state index contributed by atoms with van der Waals surface area (Å²) in [4.78, 5) is 11.6. The molecule has 0 saturated carbocycles. The number of phenols is 2. The van der Waals surface area contributed by atoms with Crippen LogP contribution in [0.2, 0.25) is 0 Å². The predicted molar refractivity (Wildman–Crippen MR) is 79.5 cm³/mol. The second-order valence-corrected chi connectivity index (χ2v) is 4.48. The molecule has 0 aliphatic carbocycles. The van der Waals surface area contributed by atoms with Crippen LogP contribution in [0.5, 0.6) is 11.5 Å². The summed E-state index contributed by atoms with van der Waals surface area (Å²) in [6.45, 7) is 2.56. The number of anilines is 1. The summed E-state index contributed by atoms with van der Waals surface area (Å²) in [6, 6.07) is 11.6. The van der Waals surface area contributed by atoms with Gasteiger partial charge in [-0.15, -0.1) is 0 Å².